The lowest BCUT2D eigenvalue weighted by Crippen LogP contribution is -2.45. The lowest BCUT2D eigenvalue weighted by Gasteiger charge is -2.27. The molecule has 0 radical (unpaired) electrons. The molecular weight excluding hydrogens is 941 g/mol. The van der Waals surface area contributed by atoms with Crippen molar-refractivity contribution in [2.45, 2.75) is 32.5 Å². The third kappa shape index (κ3) is 7.21. The molecular formula is C45H26N8O6S6. The molecule has 6 aromatic rings. The lowest BCUT2D eigenvalue weighted by molar-refractivity contribution is -0.164. The van der Waals surface area contributed by atoms with Crippen LogP contribution in [0.15, 0.2) is 104 Å². The smallest absolute Gasteiger partial charge is 0.333 e. The summed E-state index contributed by atoms with van der Waals surface area (Å²) in [6.07, 6.45) is 0. The van der Waals surface area contributed by atoms with Crippen LogP contribution in [-0.2, 0) is 47.3 Å². The van der Waals surface area contributed by atoms with Gasteiger partial charge in [-0.1, -0.05) is 60.7 Å². The minimum absolute atomic E-state index is 0.0554. The fourth-order valence-corrected chi connectivity index (χ4v) is 15.0. The molecule has 3 aliphatic rings. The molecule has 4 aromatic heterocycles. The van der Waals surface area contributed by atoms with Crippen molar-refractivity contribution in [1.82, 2.24) is 9.80 Å². The Balaban J connectivity index is 1.22. The highest BCUT2D eigenvalue weighted by Gasteiger charge is 2.62. The number of amides is 2. The molecule has 0 atom stereocenters. The highest BCUT2D eigenvalue weighted by atomic mass is 32.2. The van der Waals surface area contributed by atoms with Crippen LogP contribution >= 0.6 is 68.9 Å². The maximum Gasteiger partial charge on any atom is 0.333 e. The van der Waals surface area contributed by atoms with Gasteiger partial charge in [0.25, 0.3) is 11.8 Å². The van der Waals surface area contributed by atoms with Gasteiger partial charge >= 0.3 is 11.9 Å². The molecule has 6 heterocycles. The molecule has 318 valence electrons. The molecule has 0 bridgehead atoms. The van der Waals surface area contributed by atoms with Gasteiger partial charge in [-0.05, 0) is 60.6 Å². The Labute approximate surface area is 394 Å². The second-order valence-electron chi connectivity index (χ2n) is 14.0. The summed E-state index contributed by atoms with van der Waals surface area (Å²) in [7, 11) is 0. The third-order valence-corrected chi connectivity index (χ3v) is 17.3. The van der Waals surface area contributed by atoms with Crippen molar-refractivity contribution in [2.24, 2.45) is 9.98 Å². The number of aliphatic imine (C=N–C) groups is 2. The molecule has 2 fully saturated rings. The van der Waals surface area contributed by atoms with Crippen LogP contribution in [0.1, 0.15) is 36.1 Å². The molecule has 2 aliphatic heterocycles. The van der Waals surface area contributed by atoms with Crippen LogP contribution in [0.5, 0.6) is 0 Å². The van der Waals surface area contributed by atoms with Gasteiger partial charge in [0, 0.05) is 33.6 Å². The number of ether oxygens (including phenoxy) is 2. The van der Waals surface area contributed by atoms with E-state index in [1.165, 1.54) is 55.1 Å². The molecule has 0 spiro atoms. The van der Waals surface area contributed by atoms with E-state index in [0.29, 0.717) is 60.8 Å². The second-order valence-corrected chi connectivity index (χ2v) is 20.1. The minimum atomic E-state index is -2.17. The topological polar surface area (TPSA) is 213 Å². The summed E-state index contributed by atoms with van der Waals surface area (Å²) in [6, 6.07) is 29.1. The predicted octanol–water partition coefficient (Wildman–Crippen LogP) is 9.76. The zero-order chi connectivity index (χ0) is 45.6. The summed E-state index contributed by atoms with van der Waals surface area (Å²) < 4.78 is 14.8. The van der Waals surface area contributed by atoms with E-state index in [1.807, 2.05) is 60.7 Å². The number of carbonyl (C=O) groups excluding carboxylic acids is 4. The number of thioether (sulfide) groups is 2. The number of carbonyl (C=O) groups is 4. The van der Waals surface area contributed by atoms with Crippen LogP contribution in [0.4, 0.5) is 10.0 Å². The van der Waals surface area contributed by atoms with Crippen molar-refractivity contribution in [1.29, 1.82) is 21.0 Å². The van der Waals surface area contributed by atoms with Gasteiger partial charge in [-0.15, -0.1) is 45.3 Å². The summed E-state index contributed by atoms with van der Waals surface area (Å²) in [6.45, 7) is 3.57. The Bertz CT molecular complexity index is 3090. The van der Waals surface area contributed by atoms with E-state index in [-0.39, 0.29) is 57.6 Å². The van der Waals surface area contributed by atoms with Gasteiger partial charge in [0.1, 0.15) is 57.6 Å². The number of allylic oxidation sites excluding steroid dienone is 2. The largest absolute Gasteiger partial charge is 0.459 e. The molecule has 9 rings (SSSR count). The van der Waals surface area contributed by atoms with Crippen molar-refractivity contribution >= 4 is 132 Å². The van der Waals surface area contributed by atoms with Crippen LogP contribution in [0, 0.1) is 45.3 Å². The van der Waals surface area contributed by atoms with Crippen LogP contribution < -0.4 is 0 Å². The highest BCUT2D eigenvalue weighted by Crippen LogP contribution is 2.64. The van der Waals surface area contributed by atoms with E-state index in [1.54, 1.807) is 50.2 Å². The quantitative estimate of drug-likeness (QED) is 0.0713. The van der Waals surface area contributed by atoms with Crippen molar-refractivity contribution in [3.63, 3.8) is 0 Å². The molecule has 0 N–H and O–H groups in total. The Morgan fingerprint density at radius 1 is 0.615 bits per heavy atom. The first-order chi connectivity index (χ1) is 31.6. The number of nitrogens with zero attached hydrogens (tertiary/aromatic N) is 8. The molecule has 65 heavy (non-hydrogen) atoms. The summed E-state index contributed by atoms with van der Waals surface area (Å²) in [5.41, 5.74) is -0.481. The standard InChI is InChI=1S/C45H26N8O6S6/c1-3-52-39(54)37(64-41(52)25(17-46)18-47)50-29-15-27-33(62-29)31-35(60-27)36-32(34-28(61-36)16-30(63-34)51-38-40(55)53(4-2)42(65-38)26(19-48)20-49)45(31,43(56)58-21-23-11-7-5-8-12-23)44(57)59-22-24-13-9-6-10-14-24/h5-16H,3-4,21-22H2,1-2H3. The van der Waals surface area contributed by atoms with Gasteiger partial charge < -0.3 is 9.47 Å². The van der Waals surface area contributed by atoms with Crippen molar-refractivity contribution < 1.29 is 28.7 Å². The SMILES string of the molecule is CCN1C(=O)C(=Nc2cc3sc4c(c3s2)C(C(=O)OCc2ccccc2)(C(=O)OCc2ccccc2)c2c-4sc3cc(N=C4SC(=C(C#N)C#N)N(CC)C4=O)sc23)SC1=C(C#N)C#N. The second kappa shape index (κ2) is 17.6. The van der Waals surface area contributed by atoms with E-state index in [9.17, 15) is 30.6 Å². The predicted molar refractivity (Wildman–Crippen MR) is 252 cm³/mol. The maximum absolute atomic E-state index is 15.3. The summed E-state index contributed by atoms with van der Waals surface area (Å²) >= 11 is 6.93. The normalized spacial score (nSPS) is 16.2. The number of hydrogen-bond acceptors (Lipinski definition) is 18. The van der Waals surface area contributed by atoms with Gasteiger partial charge in [0.15, 0.2) is 21.2 Å². The molecule has 0 saturated carbocycles. The van der Waals surface area contributed by atoms with Gasteiger partial charge in [-0.25, -0.2) is 9.98 Å². The van der Waals surface area contributed by atoms with Crippen molar-refractivity contribution in [3.05, 3.63) is 116 Å². The Morgan fingerprint density at radius 2 is 1.00 bits per heavy atom. The van der Waals surface area contributed by atoms with E-state index < -0.39 is 29.2 Å². The molecule has 2 saturated heterocycles. The van der Waals surface area contributed by atoms with E-state index >= 15 is 9.59 Å². The fraction of sp³-hybridized carbons (Fsp3) is 0.156. The average molecular weight is 967 g/mol. The van der Waals surface area contributed by atoms with E-state index in [4.69, 9.17) is 19.5 Å². The molecule has 2 amide bonds. The number of thiophene rings is 4. The Morgan fingerprint density at radius 3 is 1.35 bits per heavy atom. The first kappa shape index (κ1) is 43.4. The maximum atomic E-state index is 15.3. The van der Waals surface area contributed by atoms with Gasteiger partial charge in [0.2, 0.25) is 5.41 Å². The zero-order valence-corrected chi connectivity index (χ0v) is 38.6. The van der Waals surface area contributed by atoms with Crippen LogP contribution in [0.2, 0.25) is 0 Å². The van der Waals surface area contributed by atoms with Crippen LogP contribution in [-0.4, -0.2) is 56.7 Å². The van der Waals surface area contributed by atoms with Crippen LogP contribution in [0.3, 0.4) is 0 Å². The highest BCUT2D eigenvalue weighted by molar-refractivity contribution is 8.20. The zero-order valence-electron chi connectivity index (χ0n) is 33.7. The number of rotatable bonds is 10. The minimum Gasteiger partial charge on any atom is -0.459 e. The molecule has 1 aliphatic carbocycles. The van der Waals surface area contributed by atoms with Crippen molar-refractivity contribution in [3.8, 4) is 34.0 Å². The number of benzene rings is 2. The third-order valence-electron chi connectivity index (χ3n) is 10.4. The van der Waals surface area contributed by atoms with E-state index in [0.717, 1.165) is 23.5 Å². The Hall–Kier alpha value is -6.88. The van der Waals surface area contributed by atoms with Crippen LogP contribution in [0.25, 0.3) is 28.6 Å². The summed E-state index contributed by atoms with van der Waals surface area (Å²) in [5, 5.41) is 39.6. The van der Waals surface area contributed by atoms with Gasteiger partial charge in [-0.3, -0.25) is 29.0 Å². The first-order valence-electron chi connectivity index (χ1n) is 19.4. The van der Waals surface area contributed by atoms with Gasteiger partial charge in [0.05, 0.1) is 19.2 Å². The number of hydrogen-bond donors (Lipinski definition) is 0. The van der Waals surface area contributed by atoms with Crippen molar-refractivity contribution in [2.75, 3.05) is 13.1 Å². The number of esters is 2. The Kier molecular flexibility index (Phi) is 11.7. The summed E-state index contributed by atoms with van der Waals surface area (Å²) in [5.74, 6) is -2.67. The lowest BCUT2D eigenvalue weighted by atomic mass is 9.79. The monoisotopic (exact) mass is 966 g/mol. The average Bonchev–Trinajstić information content (AvgIpc) is 4.19. The summed E-state index contributed by atoms with van der Waals surface area (Å²) in [4.78, 5) is 71.0. The molecule has 20 heteroatoms. The van der Waals surface area contributed by atoms with Gasteiger partial charge in [-0.2, -0.15) is 21.0 Å². The first-order valence-corrected chi connectivity index (χ1v) is 24.3. The number of nitriles is 4. The molecule has 0 unspecified atom stereocenters. The molecule has 2 aromatic carbocycles. The number of fused-ring (bicyclic) bond motifs is 7. The van der Waals surface area contributed by atoms with E-state index in [2.05, 4.69) is 0 Å². The fourth-order valence-electron chi connectivity index (χ4n) is 7.47. The molecule has 14 nitrogen and oxygen atoms in total.